The van der Waals surface area contributed by atoms with E-state index in [9.17, 15) is 9.50 Å². The van der Waals surface area contributed by atoms with Crippen LogP contribution in [0.3, 0.4) is 0 Å². The fourth-order valence-electron chi connectivity index (χ4n) is 4.84. The van der Waals surface area contributed by atoms with E-state index in [1.807, 2.05) is 18.3 Å². The summed E-state index contributed by atoms with van der Waals surface area (Å²) in [5.41, 5.74) is 0.427. The van der Waals surface area contributed by atoms with Crippen LogP contribution in [0.25, 0.3) is 10.9 Å². The first-order valence-electron chi connectivity index (χ1n) is 11.7. The Labute approximate surface area is 192 Å². The van der Waals surface area contributed by atoms with Crippen molar-refractivity contribution in [1.82, 2.24) is 19.9 Å². The highest BCUT2D eigenvalue weighted by atomic mass is 19.1. The Morgan fingerprint density at radius 1 is 1.00 bits per heavy atom. The van der Waals surface area contributed by atoms with Crippen LogP contribution in [-0.2, 0) is 5.67 Å². The molecule has 0 aromatic carbocycles. The molecule has 1 N–H and O–H groups in total. The molecule has 1 saturated carbocycles. The van der Waals surface area contributed by atoms with E-state index in [1.165, 1.54) is 0 Å². The highest BCUT2D eigenvalue weighted by molar-refractivity contribution is 5.91. The Balaban J connectivity index is 1.34. The Hall–Kier alpha value is -3.07. The minimum Gasteiger partial charge on any atom is -0.391 e. The summed E-state index contributed by atoms with van der Waals surface area (Å²) in [6.45, 7) is 6.58. The van der Waals surface area contributed by atoms with Crippen molar-refractivity contribution in [3.8, 4) is 0 Å². The van der Waals surface area contributed by atoms with Gasteiger partial charge in [-0.3, -0.25) is 0 Å². The number of hydrogen-bond donors (Lipinski definition) is 1. The molecule has 0 radical (unpaired) electrons. The normalized spacial score (nSPS) is 22.3. The fraction of sp³-hybridized carbons (Fsp3) is 0.500. The second-order valence-corrected chi connectivity index (χ2v) is 9.40. The zero-order chi connectivity index (χ0) is 22.6. The zero-order valence-corrected chi connectivity index (χ0v) is 18.8. The molecule has 3 aromatic heterocycles. The Morgan fingerprint density at radius 3 is 2.42 bits per heavy atom. The van der Waals surface area contributed by atoms with Gasteiger partial charge in [0.05, 0.1) is 17.8 Å². The number of piperazine rings is 1. The van der Waals surface area contributed by atoms with E-state index in [-0.39, 0.29) is 11.9 Å². The zero-order valence-electron chi connectivity index (χ0n) is 18.8. The van der Waals surface area contributed by atoms with Crippen molar-refractivity contribution in [3.63, 3.8) is 0 Å². The van der Waals surface area contributed by atoms with Crippen molar-refractivity contribution in [3.05, 3.63) is 42.0 Å². The molecule has 5 heterocycles. The second-order valence-electron chi connectivity index (χ2n) is 9.40. The van der Waals surface area contributed by atoms with Crippen LogP contribution in [0.5, 0.6) is 0 Å². The van der Waals surface area contributed by atoms with Crippen molar-refractivity contribution in [2.45, 2.75) is 38.0 Å². The third-order valence-electron chi connectivity index (χ3n) is 6.99. The minimum atomic E-state index is -1.41. The summed E-state index contributed by atoms with van der Waals surface area (Å²) in [4.78, 5) is 25.1. The molecule has 0 bridgehead atoms. The van der Waals surface area contributed by atoms with Gasteiger partial charge in [-0.2, -0.15) is 0 Å². The molecule has 8 nitrogen and oxygen atoms in total. The van der Waals surface area contributed by atoms with Crippen LogP contribution >= 0.6 is 0 Å². The SMILES string of the molecule is Cc1cccnc1N1CCN(c2nc(C3(F)CC3)nc3cnc(N4CC[C@@H](O)C4)cc23)CC1. The number of aryl methyl sites for hydroxylation is 1. The summed E-state index contributed by atoms with van der Waals surface area (Å²) < 4.78 is 15.0. The van der Waals surface area contributed by atoms with Crippen LogP contribution in [-0.4, -0.2) is 70.4 Å². The van der Waals surface area contributed by atoms with E-state index >= 15 is 0 Å². The Bertz CT molecular complexity index is 1190. The number of aliphatic hydroxyl groups is 1. The van der Waals surface area contributed by atoms with Crippen LogP contribution < -0.4 is 14.7 Å². The number of hydrogen-bond acceptors (Lipinski definition) is 8. The minimum absolute atomic E-state index is 0.277. The predicted octanol–water partition coefficient (Wildman–Crippen LogP) is 2.58. The number of alkyl halides is 1. The van der Waals surface area contributed by atoms with E-state index in [2.05, 4.69) is 42.6 Å². The molecule has 172 valence electrons. The summed E-state index contributed by atoms with van der Waals surface area (Å²) >= 11 is 0. The highest BCUT2D eigenvalue weighted by Crippen LogP contribution is 2.49. The number of aromatic nitrogens is 4. The highest BCUT2D eigenvalue weighted by Gasteiger charge is 2.48. The molecule has 1 atom stereocenters. The van der Waals surface area contributed by atoms with Gasteiger partial charge in [-0.25, -0.2) is 24.3 Å². The summed E-state index contributed by atoms with van der Waals surface area (Å²) in [6, 6.07) is 6.04. The number of rotatable bonds is 4. The summed E-state index contributed by atoms with van der Waals surface area (Å²) in [5.74, 6) is 2.88. The molecule has 6 rings (SSSR count). The number of pyridine rings is 2. The first-order chi connectivity index (χ1) is 16.0. The molecule has 0 spiro atoms. The maximum atomic E-state index is 15.0. The fourth-order valence-corrected chi connectivity index (χ4v) is 4.84. The van der Waals surface area contributed by atoms with Gasteiger partial charge in [0.1, 0.15) is 17.5 Å². The number of aliphatic hydroxyl groups excluding tert-OH is 1. The van der Waals surface area contributed by atoms with Gasteiger partial charge in [0.25, 0.3) is 0 Å². The van der Waals surface area contributed by atoms with Crippen molar-refractivity contribution in [2.75, 3.05) is 54.0 Å². The van der Waals surface area contributed by atoms with E-state index < -0.39 is 5.67 Å². The van der Waals surface area contributed by atoms with Gasteiger partial charge in [-0.1, -0.05) is 6.07 Å². The molecule has 2 aliphatic heterocycles. The van der Waals surface area contributed by atoms with Crippen LogP contribution in [0, 0.1) is 6.92 Å². The standard InChI is InChI=1S/C24H28FN7O/c1-16-3-2-7-26-21(16)30-9-11-31(12-10-30)22-18-13-20(32-8-4-17(33)15-32)27-14-19(18)28-23(29-22)24(25)5-6-24/h2-3,7,13-14,17,33H,4-6,8-12,15H2,1H3/t17-/m1/s1. The molecule has 3 aromatic rings. The molecule has 0 unspecified atom stereocenters. The number of halogens is 1. The third-order valence-corrected chi connectivity index (χ3v) is 6.99. The molecule has 2 saturated heterocycles. The lowest BCUT2D eigenvalue weighted by molar-refractivity contribution is 0.198. The van der Waals surface area contributed by atoms with Crippen molar-refractivity contribution in [1.29, 1.82) is 0 Å². The number of fused-ring (bicyclic) bond motifs is 1. The predicted molar refractivity (Wildman–Crippen MR) is 126 cm³/mol. The number of nitrogens with zero attached hydrogens (tertiary/aromatic N) is 7. The van der Waals surface area contributed by atoms with Crippen molar-refractivity contribution >= 4 is 28.4 Å². The van der Waals surface area contributed by atoms with E-state index in [0.29, 0.717) is 24.9 Å². The Kier molecular flexibility index (Phi) is 4.83. The van der Waals surface area contributed by atoms with Crippen LogP contribution in [0.15, 0.2) is 30.6 Å². The van der Waals surface area contributed by atoms with Gasteiger partial charge < -0.3 is 19.8 Å². The van der Waals surface area contributed by atoms with E-state index in [4.69, 9.17) is 4.98 Å². The summed E-state index contributed by atoms with van der Waals surface area (Å²) in [5, 5.41) is 10.8. The lowest BCUT2D eigenvalue weighted by atomic mass is 10.2. The molecular formula is C24H28FN7O. The van der Waals surface area contributed by atoms with Crippen molar-refractivity contribution < 1.29 is 9.50 Å². The molecule has 33 heavy (non-hydrogen) atoms. The lowest BCUT2D eigenvalue weighted by Gasteiger charge is -2.37. The van der Waals surface area contributed by atoms with Gasteiger partial charge >= 0.3 is 0 Å². The number of anilines is 3. The Morgan fingerprint density at radius 2 is 1.76 bits per heavy atom. The topological polar surface area (TPSA) is 81.5 Å². The van der Waals surface area contributed by atoms with Crippen LogP contribution in [0.1, 0.15) is 30.7 Å². The monoisotopic (exact) mass is 449 g/mol. The smallest absolute Gasteiger partial charge is 0.170 e. The molecule has 1 aliphatic carbocycles. The molecule has 9 heteroatoms. The lowest BCUT2D eigenvalue weighted by Crippen LogP contribution is -2.47. The molecule has 0 amide bonds. The van der Waals surface area contributed by atoms with E-state index in [0.717, 1.165) is 67.5 Å². The van der Waals surface area contributed by atoms with Gasteiger partial charge in [-0.05, 0) is 43.9 Å². The second kappa shape index (κ2) is 7.76. The van der Waals surface area contributed by atoms with Gasteiger partial charge in [0.2, 0.25) is 0 Å². The average molecular weight is 450 g/mol. The third kappa shape index (κ3) is 3.74. The summed E-state index contributed by atoms with van der Waals surface area (Å²) in [6.07, 6.45) is 4.91. The largest absolute Gasteiger partial charge is 0.391 e. The molecule has 3 fully saturated rings. The molecular weight excluding hydrogens is 421 g/mol. The van der Waals surface area contributed by atoms with Crippen LogP contribution in [0.4, 0.5) is 21.8 Å². The quantitative estimate of drug-likeness (QED) is 0.651. The van der Waals surface area contributed by atoms with E-state index in [1.54, 1.807) is 6.20 Å². The van der Waals surface area contributed by atoms with Gasteiger partial charge in [-0.15, -0.1) is 0 Å². The molecule has 3 aliphatic rings. The maximum absolute atomic E-state index is 15.0. The number of β-amino-alcohol motifs (C(OH)–C–C–N with tert-alkyl or cyclic N) is 1. The first-order valence-corrected chi connectivity index (χ1v) is 11.7. The average Bonchev–Trinajstić information content (AvgIpc) is 3.45. The first kappa shape index (κ1) is 20.5. The van der Waals surface area contributed by atoms with Gasteiger partial charge in [0, 0.05) is 50.9 Å². The van der Waals surface area contributed by atoms with Crippen LogP contribution in [0.2, 0.25) is 0 Å². The van der Waals surface area contributed by atoms with Gasteiger partial charge in [0.15, 0.2) is 11.5 Å². The summed E-state index contributed by atoms with van der Waals surface area (Å²) in [7, 11) is 0. The maximum Gasteiger partial charge on any atom is 0.170 e. The van der Waals surface area contributed by atoms with Crippen molar-refractivity contribution in [2.24, 2.45) is 0 Å².